The van der Waals surface area contributed by atoms with Gasteiger partial charge in [-0.25, -0.2) is 13.8 Å². The second-order valence-corrected chi connectivity index (χ2v) is 4.73. The summed E-state index contributed by atoms with van der Waals surface area (Å²) in [6, 6.07) is 11.1. The van der Waals surface area contributed by atoms with Crippen LogP contribution in [0.5, 0.6) is 0 Å². The molecule has 4 rings (SSSR count). The number of nitrogens with one attached hydrogen (secondary N) is 1. The highest BCUT2D eigenvalue weighted by atomic mass is 19.2. The second-order valence-electron chi connectivity index (χ2n) is 4.73. The number of anilines is 2. The summed E-state index contributed by atoms with van der Waals surface area (Å²) in [7, 11) is 0. The Kier molecular flexibility index (Phi) is 2.72. The Labute approximate surface area is 123 Å². The monoisotopic (exact) mass is 297 g/mol. The van der Waals surface area contributed by atoms with E-state index in [1.54, 1.807) is 4.40 Å². The van der Waals surface area contributed by atoms with E-state index in [0.29, 0.717) is 17.3 Å². The Hall–Kier alpha value is -3.09. The molecule has 0 fully saturated rings. The normalized spacial score (nSPS) is 11.2. The van der Waals surface area contributed by atoms with Crippen molar-refractivity contribution in [3.05, 3.63) is 60.4 Å². The average molecular weight is 297 g/mol. The van der Waals surface area contributed by atoms with Gasteiger partial charge in [0.15, 0.2) is 17.3 Å². The lowest BCUT2D eigenvalue weighted by Crippen LogP contribution is -2.02. The van der Waals surface area contributed by atoms with Gasteiger partial charge in [0.25, 0.3) is 0 Å². The van der Waals surface area contributed by atoms with Crippen molar-refractivity contribution in [2.45, 2.75) is 0 Å². The van der Waals surface area contributed by atoms with Gasteiger partial charge in [-0.2, -0.15) is 0 Å². The van der Waals surface area contributed by atoms with Crippen LogP contribution in [0.15, 0.2) is 48.8 Å². The Bertz CT molecular complexity index is 996. The van der Waals surface area contributed by atoms with Crippen molar-refractivity contribution in [1.82, 2.24) is 19.6 Å². The molecule has 0 unspecified atom stereocenters. The zero-order valence-electron chi connectivity index (χ0n) is 11.2. The minimum absolute atomic E-state index is 0.386. The number of nitrogens with zero attached hydrogens (tertiary/aromatic N) is 4. The molecule has 108 valence electrons. The summed E-state index contributed by atoms with van der Waals surface area (Å²) in [5.41, 5.74) is 1.75. The van der Waals surface area contributed by atoms with Crippen LogP contribution in [0.3, 0.4) is 0 Å². The van der Waals surface area contributed by atoms with Gasteiger partial charge in [-0.05, 0) is 24.3 Å². The SMILES string of the molecule is Fc1ccc(Nc2nc3ccccc3c3nncn23)cc1F. The first-order valence-electron chi connectivity index (χ1n) is 6.53. The summed E-state index contributed by atoms with van der Waals surface area (Å²) in [4.78, 5) is 4.48. The lowest BCUT2D eigenvalue weighted by Gasteiger charge is -2.09. The molecule has 0 spiro atoms. The fourth-order valence-electron chi connectivity index (χ4n) is 2.29. The van der Waals surface area contributed by atoms with Crippen molar-refractivity contribution in [2.24, 2.45) is 0 Å². The molecule has 0 bridgehead atoms. The summed E-state index contributed by atoms with van der Waals surface area (Å²) in [6.07, 6.45) is 1.51. The van der Waals surface area contributed by atoms with Crippen molar-refractivity contribution in [3.63, 3.8) is 0 Å². The molecule has 4 aromatic rings. The maximum atomic E-state index is 13.3. The Morgan fingerprint density at radius 1 is 1.00 bits per heavy atom. The fraction of sp³-hybridized carbons (Fsp3) is 0. The average Bonchev–Trinajstić information content (AvgIpc) is 3.01. The molecule has 2 aromatic heterocycles. The summed E-state index contributed by atoms with van der Waals surface area (Å²) in [6.45, 7) is 0. The predicted molar refractivity (Wildman–Crippen MR) is 77.9 cm³/mol. The van der Waals surface area contributed by atoms with Crippen LogP contribution < -0.4 is 5.32 Å². The molecule has 22 heavy (non-hydrogen) atoms. The first-order valence-corrected chi connectivity index (χ1v) is 6.53. The highest BCUT2D eigenvalue weighted by Gasteiger charge is 2.10. The van der Waals surface area contributed by atoms with Gasteiger partial charge in [0, 0.05) is 17.1 Å². The number of rotatable bonds is 2. The third kappa shape index (κ3) is 1.95. The number of benzene rings is 2. The highest BCUT2D eigenvalue weighted by molar-refractivity contribution is 5.92. The zero-order chi connectivity index (χ0) is 15.1. The molecule has 7 heteroatoms. The molecule has 0 aliphatic rings. The van der Waals surface area contributed by atoms with Gasteiger partial charge in [-0.15, -0.1) is 10.2 Å². The summed E-state index contributed by atoms with van der Waals surface area (Å²) < 4.78 is 28.0. The molecule has 0 aliphatic carbocycles. The molecule has 5 nitrogen and oxygen atoms in total. The number of halogens is 2. The van der Waals surface area contributed by atoms with Crippen LogP contribution >= 0.6 is 0 Å². The molecule has 0 saturated heterocycles. The first kappa shape index (κ1) is 12.6. The maximum Gasteiger partial charge on any atom is 0.215 e. The van der Waals surface area contributed by atoms with Gasteiger partial charge in [-0.1, -0.05) is 12.1 Å². The molecule has 0 saturated carbocycles. The Morgan fingerprint density at radius 3 is 2.73 bits per heavy atom. The minimum atomic E-state index is -0.925. The molecular formula is C15H9F2N5. The molecule has 1 N–H and O–H groups in total. The van der Waals surface area contributed by atoms with E-state index in [2.05, 4.69) is 20.5 Å². The fourth-order valence-corrected chi connectivity index (χ4v) is 2.29. The summed E-state index contributed by atoms with van der Waals surface area (Å²) in [5, 5.41) is 11.8. The van der Waals surface area contributed by atoms with Crippen molar-refractivity contribution in [1.29, 1.82) is 0 Å². The zero-order valence-corrected chi connectivity index (χ0v) is 11.2. The van der Waals surface area contributed by atoms with Gasteiger partial charge in [0.05, 0.1) is 5.52 Å². The van der Waals surface area contributed by atoms with Crippen LogP contribution in [-0.2, 0) is 0 Å². The topological polar surface area (TPSA) is 55.1 Å². The Balaban J connectivity index is 1.89. The molecule has 0 atom stereocenters. The van der Waals surface area contributed by atoms with Gasteiger partial charge in [0.1, 0.15) is 6.33 Å². The number of hydrogen-bond donors (Lipinski definition) is 1. The first-order chi connectivity index (χ1) is 10.7. The van der Waals surface area contributed by atoms with Gasteiger partial charge in [-0.3, -0.25) is 4.40 Å². The van der Waals surface area contributed by atoms with Crippen LogP contribution in [0.2, 0.25) is 0 Å². The molecule has 2 heterocycles. The van der Waals surface area contributed by atoms with E-state index in [9.17, 15) is 8.78 Å². The van der Waals surface area contributed by atoms with Gasteiger partial charge < -0.3 is 5.32 Å². The van der Waals surface area contributed by atoms with Crippen LogP contribution in [0, 0.1) is 11.6 Å². The number of aromatic nitrogens is 4. The highest BCUT2D eigenvalue weighted by Crippen LogP contribution is 2.23. The van der Waals surface area contributed by atoms with Gasteiger partial charge in [0.2, 0.25) is 5.95 Å². The number of hydrogen-bond acceptors (Lipinski definition) is 4. The third-order valence-corrected chi connectivity index (χ3v) is 3.32. The van der Waals surface area contributed by atoms with Crippen molar-refractivity contribution >= 4 is 28.2 Å². The van der Waals surface area contributed by atoms with Gasteiger partial charge >= 0.3 is 0 Å². The minimum Gasteiger partial charge on any atom is -0.325 e. The van der Waals surface area contributed by atoms with Crippen LogP contribution in [-0.4, -0.2) is 19.6 Å². The maximum absolute atomic E-state index is 13.3. The molecular weight excluding hydrogens is 288 g/mol. The van der Waals surface area contributed by atoms with Crippen molar-refractivity contribution in [3.8, 4) is 0 Å². The van der Waals surface area contributed by atoms with E-state index in [1.165, 1.54) is 12.4 Å². The van der Waals surface area contributed by atoms with E-state index >= 15 is 0 Å². The largest absolute Gasteiger partial charge is 0.325 e. The lowest BCUT2D eigenvalue weighted by molar-refractivity contribution is 0.509. The van der Waals surface area contributed by atoms with Crippen molar-refractivity contribution in [2.75, 3.05) is 5.32 Å². The van der Waals surface area contributed by atoms with E-state index in [4.69, 9.17) is 0 Å². The quantitative estimate of drug-likeness (QED) is 0.617. The lowest BCUT2D eigenvalue weighted by atomic mass is 10.2. The van der Waals surface area contributed by atoms with E-state index in [-0.39, 0.29) is 0 Å². The second kappa shape index (κ2) is 4.73. The van der Waals surface area contributed by atoms with Crippen molar-refractivity contribution < 1.29 is 8.78 Å². The Morgan fingerprint density at radius 2 is 1.86 bits per heavy atom. The predicted octanol–water partition coefficient (Wildman–Crippen LogP) is 3.30. The van der Waals surface area contributed by atoms with Crippen LogP contribution in [0.4, 0.5) is 20.4 Å². The summed E-state index contributed by atoms with van der Waals surface area (Å²) >= 11 is 0. The van der Waals surface area contributed by atoms with Crippen LogP contribution in [0.1, 0.15) is 0 Å². The molecule has 0 radical (unpaired) electrons. The van der Waals surface area contributed by atoms with Crippen LogP contribution in [0.25, 0.3) is 16.6 Å². The van der Waals surface area contributed by atoms with E-state index in [0.717, 1.165) is 23.0 Å². The molecule has 0 amide bonds. The third-order valence-electron chi connectivity index (χ3n) is 3.32. The standard InChI is InChI=1S/C15H9F2N5/c16-11-6-5-9(7-12(11)17)19-15-20-13-4-2-1-3-10(13)14-21-18-8-22(14)15/h1-8H,(H,19,20). The number of para-hydroxylation sites is 1. The smallest absolute Gasteiger partial charge is 0.215 e. The van der Waals surface area contributed by atoms with E-state index in [1.807, 2.05) is 24.3 Å². The molecule has 2 aromatic carbocycles. The molecule has 0 aliphatic heterocycles. The summed E-state index contributed by atoms with van der Waals surface area (Å²) in [5.74, 6) is -1.40. The van der Waals surface area contributed by atoms with E-state index < -0.39 is 11.6 Å². The number of fused-ring (bicyclic) bond motifs is 3.